The predicted molar refractivity (Wildman–Crippen MR) is 56.4 cm³/mol. The molecule has 0 aromatic rings. The smallest absolute Gasteiger partial charge is 0.248 e. The second-order valence-corrected chi connectivity index (χ2v) is 4.94. The molecule has 0 saturated carbocycles. The highest BCUT2D eigenvalue weighted by molar-refractivity contribution is 5.94. The van der Waals surface area contributed by atoms with Gasteiger partial charge in [0.15, 0.2) is 0 Å². The minimum Gasteiger partial charge on any atom is -0.342 e. The fraction of sp³-hybridized carbons (Fsp3) is 0.818. The SMILES string of the molecule is C[C@@]1(C(=O)N2CCC(CF)C2)CCC(=O)N1. The van der Waals surface area contributed by atoms with Crippen molar-refractivity contribution in [2.24, 2.45) is 5.92 Å². The van der Waals surface area contributed by atoms with Crippen LogP contribution in [0.15, 0.2) is 0 Å². The van der Waals surface area contributed by atoms with E-state index in [4.69, 9.17) is 0 Å². The Labute approximate surface area is 94.2 Å². The number of halogens is 1. The molecule has 2 fully saturated rings. The zero-order valence-electron chi connectivity index (χ0n) is 9.46. The number of likely N-dealkylation sites (tertiary alicyclic amines) is 1. The quantitative estimate of drug-likeness (QED) is 0.747. The Hall–Kier alpha value is -1.13. The third-order valence-corrected chi connectivity index (χ3v) is 3.53. The summed E-state index contributed by atoms with van der Waals surface area (Å²) < 4.78 is 12.5. The normalized spacial score (nSPS) is 34.2. The van der Waals surface area contributed by atoms with Crippen molar-refractivity contribution in [3.8, 4) is 0 Å². The Bertz CT molecular complexity index is 321. The summed E-state index contributed by atoms with van der Waals surface area (Å²) in [5.41, 5.74) is -0.762. The van der Waals surface area contributed by atoms with Crippen LogP contribution in [0.3, 0.4) is 0 Å². The third-order valence-electron chi connectivity index (χ3n) is 3.53. The standard InChI is InChI=1S/C11H17FN2O2/c1-11(4-2-9(15)13-11)10(16)14-5-3-8(6-12)7-14/h8H,2-7H2,1H3,(H,13,15)/t8?,11-/m0/s1. The van der Waals surface area contributed by atoms with E-state index in [1.54, 1.807) is 11.8 Å². The number of hydrogen-bond donors (Lipinski definition) is 1. The maximum absolute atomic E-state index is 12.5. The molecule has 0 aromatic carbocycles. The van der Waals surface area contributed by atoms with Crippen molar-refractivity contribution in [1.82, 2.24) is 10.2 Å². The van der Waals surface area contributed by atoms with Gasteiger partial charge in [0, 0.05) is 25.4 Å². The summed E-state index contributed by atoms with van der Waals surface area (Å²) in [6.07, 6.45) is 1.68. The van der Waals surface area contributed by atoms with E-state index >= 15 is 0 Å². The number of nitrogens with one attached hydrogen (secondary N) is 1. The molecule has 0 aromatic heterocycles. The first-order valence-corrected chi connectivity index (χ1v) is 5.71. The van der Waals surface area contributed by atoms with E-state index in [-0.39, 0.29) is 24.4 Å². The maximum atomic E-state index is 12.5. The summed E-state index contributed by atoms with van der Waals surface area (Å²) in [6, 6.07) is 0. The highest BCUT2D eigenvalue weighted by atomic mass is 19.1. The van der Waals surface area contributed by atoms with E-state index in [0.717, 1.165) is 6.42 Å². The van der Waals surface area contributed by atoms with Crippen LogP contribution in [0.4, 0.5) is 4.39 Å². The number of alkyl halides is 1. The molecule has 0 bridgehead atoms. The molecule has 0 aliphatic carbocycles. The summed E-state index contributed by atoms with van der Waals surface area (Å²) in [5.74, 6) is -0.156. The molecule has 1 N–H and O–H groups in total. The van der Waals surface area contributed by atoms with Crippen LogP contribution in [0.5, 0.6) is 0 Å². The van der Waals surface area contributed by atoms with Crippen molar-refractivity contribution >= 4 is 11.8 Å². The molecule has 90 valence electrons. The van der Waals surface area contributed by atoms with E-state index in [1.165, 1.54) is 0 Å². The second kappa shape index (κ2) is 4.03. The van der Waals surface area contributed by atoms with Gasteiger partial charge >= 0.3 is 0 Å². The molecule has 2 atom stereocenters. The predicted octanol–water partition coefficient (Wildman–Crippen LogP) is 0.473. The van der Waals surface area contributed by atoms with Gasteiger partial charge in [-0.05, 0) is 19.8 Å². The first-order valence-electron chi connectivity index (χ1n) is 5.71. The fourth-order valence-electron chi connectivity index (χ4n) is 2.45. The number of nitrogens with zero attached hydrogens (tertiary/aromatic N) is 1. The summed E-state index contributed by atoms with van der Waals surface area (Å²) >= 11 is 0. The lowest BCUT2D eigenvalue weighted by molar-refractivity contribution is -0.137. The van der Waals surface area contributed by atoms with Gasteiger partial charge in [-0.15, -0.1) is 0 Å². The highest BCUT2D eigenvalue weighted by Crippen LogP contribution is 2.26. The molecule has 2 heterocycles. The molecular formula is C11H17FN2O2. The molecule has 5 heteroatoms. The van der Waals surface area contributed by atoms with Crippen molar-refractivity contribution in [2.45, 2.75) is 31.7 Å². The first-order chi connectivity index (χ1) is 7.55. The van der Waals surface area contributed by atoms with E-state index in [0.29, 0.717) is 25.9 Å². The van der Waals surface area contributed by atoms with Gasteiger partial charge in [-0.3, -0.25) is 14.0 Å². The van der Waals surface area contributed by atoms with Crippen LogP contribution in [0.2, 0.25) is 0 Å². The van der Waals surface area contributed by atoms with Crippen LogP contribution in [0.1, 0.15) is 26.2 Å². The Balaban J connectivity index is 2.00. The highest BCUT2D eigenvalue weighted by Gasteiger charge is 2.43. The minimum absolute atomic E-state index is 0.0235. The average Bonchev–Trinajstić information content (AvgIpc) is 2.85. The van der Waals surface area contributed by atoms with Crippen LogP contribution in [-0.4, -0.2) is 42.0 Å². The van der Waals surface area contributed by atoms with E-state index < -0.39 is 5.54 Å². The summed E-state index contributed by atoms with van der Waals surface area (Å²) in [5, 5.41) is 2.72. The van der Waals surface area contributed by atoms with Crippen molar-refractivity contribution in [2.75, 3.05) is 19.8 Å². The van der Waals surface area contributed by atoms with E-state index in [1.807, 2.05) is 0 Å². The van der Waals surface area contributed by atoms with Gasteiger partial charge in [-0.2, -0.15) is 0 Å². The number of rotatable bonds is 2. The van der Waals surface area contributed by atoms with Crippen LogP contribution >= 0.6 is 0 Å². The van der Waals surface area contributed by atoms with Crippen LogP contribution in [-0.2, 0) is 9.59 Å². The minimum atomic E-state index is -0.762. The van der Waals surface area contributed by atoms with Gasteiger partial charge in [0.25, 0.3) is 0 Å². The summed E-state index contributed by atoms with van der Waals surface area (Å²) in [4.78, 5) is 25.0. The molecule has 0 spiro atoms. The van der Waals surface area contributed by atoms with Crippen molar-refractivity contribution in [1.29, 1.82) is 0 Å². The molecule has 2 rings (SSSR count). The lowest BCUT2D eigenvalue weighted by Gasteiger charge is -2.28. The van der Waals surface area contributed by atoms with Gasteiger partial charge in [0.2, 0.25) is 11.8 Å². The van der Waals surface area contributed by atoms with Crippen molar-refractivity contribution in [3.63, 3.8) is 0 Å². The topological polar surface area (TPSA) is 49.4 Å². The Morgan fingerprint density at radius 1 is 1.69 bits per heavy atom. The number of amides is 2. The van der Waals surface area contributed by atoms with Crippen LogP contribution in [0, 0.1) is 5.92 Å². The molecule has 2 amide bonds. The van der Waals surface area contributed by atoms with E-state index in [9.17, 15) is 14.0 Å². The lowest BCUT2D eigenvalue weighted by atomic mass is 9.98. The van der Waals surface area contributed by atoms with Crippen molar-refractivity contribution in [3.05, 3.63) is 0 Å². The van der Waals surface area contributed by atoms with Crippen molar-refractivity contribution < 1.29 is 14.0 Å². The van der Waals surface area contributed by atoms with E-state index in [2.05, 4.69) is 5.32 Å². The average molecular weight is 228 g/mol. The zero-order valence-corrected chi connectivity index (χ0v) is 9.46. The van der Waals surface area contributed by atoms with Crippen LogP contribution in [0.25, 0.3) is 0 Å². The number of carbonyl (C=O) groups excluding carboxylic acids is 2. The largest absolute Gasteiger partial charge is 0.342 e. The first kappa shape index (κ1) is 11.4. The van der Waals surface area contributed by atoms with Gasteiger partial charge in [-0.25, -0.2) is 0 Å². The molecule has 16 heavy (non-hydrogen) atoms. The molecule has 2 aliphatic heterocycles. The maximum Gasteiger partial charge on any atom is 0.248 e. The summed E-state index contributed by atoms with van der Waals surface area (Å²) in [7, 11) is 0. The summed E-state index contributed by atoms with van der Waals surface area (Å²) in [6.45, 7) is 2.48. The van der Waals surface area contributed by atoms with Gasteiger partial charge in [0.1, 0.15) is 5.54 Å². The number of hydrogen-bond acceptors (Lipinski definition) is 2. The molecule has 4 nitrogen and oxygen atoms in total. The Kier molecular flexibility index (Phi) is 2.86. The third kappa shape index (κ3) is 1.90. The molecule has 0 radical (unpaired) electrons. The zero-order chi connectivity index (χ0) is 11.8. The molecular weight excluding hydrogens is 211 g/mol. The molecule has 2 saturated heterocycles. The Morgan fingerprint density at radius 3 is 2.94 bits per heavy atom. The Morgan fingerprint density at radius 2 is 2.44 bits per heavy atom. The van der Waals surface area contributed by atoms with Gasteiger partial charge < -0.3 is 10.2 Å². The van der Waals surface area contributed by atoms with Crippen LogP contribution < -0.4 is 5.32 Å². The molecule has 1 unspecified atom stereocenters. The second-order valence-electron chi connectivity index (χ2n) is 4.94. The number of carbonyl (C=O) groups is 2. The molecule has 2 aliphatic rings. The fourth-order valence-corrected chi connectivity index (χ4v) is 2.45. The van der Waals surface area contributed by atoms with Gasteiger partial charge in [-0.1, -0.05) is 0 Å². The lowest BCUT2D eigenvalue weighted by Crippen LogP contribution is -2.53. The monoisotopic (exact) mass is 228 g/mol. The van der Waals surface area contributed by atoms with Gasteiger partial charge in [0.05, 0.1) is 6.67 Å².